The van der Waals surface area contributed by atoms with Crippen molar-refractivity contribution in [3.63, 3.8) is 0 Å². The highest BCUT2D eigenvalue weighted by atomic mass is 14.7. The van der Waals surface area contributed by atoms with Gasteiger partial charge in [-0.15, -0.1) is 0 Å². The van der Waals surface area contributed by atoms with Gasteiger partial charge in [0.2, 0.25) is 0 Å². The van der Waals surface area contributed by atoms with Crippen molar-refractivity contribution >= 4 is 32.3 Å². The maximum Gasteiger partial charge on any atom is 0.0715 e. The lowest BCUT2D eigenvalue weighted by atomic mass is 9.95. The first kappa shape index (κ1) is 42.7. The lowest BCUT2D eigenvalue weighted by molar-refractivity contribution is 1.32. The molecule has 72 heavy (non-hydrogen) atoms. The van der Waals surface area contributed by atoms with Gasteiger partial charge in [-0.1, -0.05) is 255 Å². The number of benzene rings is 12. The van der Waals surface area contributed by atoms with E-state index in [2.05, 4.69) is 285 Å². The normalized spacial score (nSPS) is 11.3. The molecule has 0 amide bonds. The largest absolute Gasteiger partial charge is 0.248 e. The summed E-state index contributed by atoms with van der Waals surface area (Å²) in [6.07, 6.45) is 0. The summed E-state index contributed by atoms with van der Waals surface area (Å²) in [5.41, 5.74) is 20.6. The van der Waals surface area contributed by atoms with Crippen LogP contribution in [0.25, 0.3) is 133 Å². The van der Waals surface area contributed by atoms with Gasteiger partial charge in [-0.25, -0.2) is 4.98 Å². The minimum Gasteiger partial charge on any atom is -0.248 e. The van der Waals surface area contributed by atoms with Crippen LogP contribution in [0.15, 0.2) is 285 Å². The van der Waals surface area contributed by atoms with Crippen LogP contribution >= 0.6 is 0 Å². The Balaban J connectivity index is 0.796. The molecule has 0 saturated heterocycles. The molecule has 0 fully saturated rings. The van der Waals surface area contributed by atoms with Crippen LogP contribution in [0.1, 0.15) is 0 Å². The molecule has 13 aromatic rings. The first-order chi connectivity index (χ1) is 35.6. The van der Waals surface area contributed by atoms with E-state index >= 15 is 0 Å². The summed E-state index contributed by atoms with van der Waals surface area (Å²) in [6.45, 7) is 0. The molecule has 12 aromatic carbocycles. The van der Waals surface area contributed by atoms with Crippen molar-refractivity contribution in [1.29, 1.82) is 0 Å². The zero-order valence-corrected chi connectivity index (χ0v) is 39.6. The molecule has 0 spiro atoms. The lowest BCUT2D eigenvalue weighted by Gasteiger charge is -2.13. The van der Waals surface area contributed by atoms with Gasteiger partial charge >= 0.3 is 0 Å². The fraction of sp³-hybridized carbons (Fsp3) is 0. The molecule has 0 saturated carbocycles. The zero-order chi connectivity index (χ0) is 47.8. The molecule has 1 heteroatoms. The molecule has 0 aliphatic carbocycles. The first-order valence-electron chi connectivity index (χ1n) is 24.7. The summed E-state index contributed by atoms with van der Waals surface area (Å²) in [5, 5.41) is 7.53. The average Bonchev–Trinajstić information content (AvgIpc) is 3.47. The van der Waals surface area contributed by atoms with Gasteiger partial charge in [-0.05, 0) is 141 Å². The maximum atomic E-state index is 5.35. The summed E-state index contributed by atoms with van der Waals surface area (Å²) in [5.74, 6) is 0. The van der Waals surface area contributed by atoms with E-state index in [0.29, 0.717) is 0 Å². The van der Waals surface area contributed by atoms with Crippen LogP contribution in [0.2, 0.25) is 0 Å². The summed E-state index contributed by atoms with van der Waals surface area (Å²) in [4.78, 5) is 5.35. The smallest absolute Gasteiger partial charge is 0.0715 e. The third kappa shape index (κ3) is 8.55. The Hall–Kier alpha value is -9.43. The van der Waals surface area contributed by atoms with Crippen molar-refractivity contribution in [2.24, 2.45) is 0 Å². The van der Waals surface area contributed by atoms with Gasteiger partial charge in [-0.3, -0.25) is 0 Å². The Morgan fingerprint density at radius 2 is 0.333 bits per heavy atom. The van der Waals surface area contributed by atoms with Crippen LogP contribution in [0, 0.1) is 0 Å². The lowest BCUT2D eigenvalue weighted by Crippen LogP contribution is -1.92. The van der Waals surface area contributed by atoms with E-state index in [-0.39, 0.29) is 0 Å². The number of fused-ring (bicyclic) bond motifs is 3. The molecule has 0 radical (unpaired) electrons. The molecular weight excluding hydrogens is 867 g/mol. The number of hydrogen-bond donors (Lipinski definition) is 0. The topological polar surface area (TPSA) is 12.9 Å². The van der Waals surface area contributed by atoms with E-state index in [1.165, 1.54) is 99.1 Å². The maximum absolute atomic E-state index is 5.35. The van der Waals surface area contributed by atoms with Crippen molar-refractivity contribution in [2.75, 3.05) is 0 Å². The van der Waals surface area contributed by atoms with E-state index in [1.807, 2.05) is 0 Å². The molecule has 0 bridgehead atoms. The third-order valence-electron chi connectivity index (χ3n) is 14.3. The van der Waals surface area contributed by atoms with Crippen LogP contribution in [-0.4, -0.2) is 4.98 Å². The Kier molecular flexibility index (Phi) is 10.9. The van der Waals surface area contributed by atoms with Gasteiger partial charge in [0.05, 0.1) is 11.4 Å². The molecule has 1 heterocycles. The number of pyridine rings is 1. The fourth-order valence-electron chi connectivity index (χ4n) is 10.2. The molecule has 336 valence electrons. The van der Waals surface area contributed by atoms with Crippen LogP contribution in [0.3, 0.4) is 0 Å². The molecule has 0 aliphatic rings. The van der Waals surface area contributed by atoms with E-state index < -0.39 is 0 Å². The summed E-state index contributed by atoms with van der Waals surface area (Å²) in [6, 6.07) is 103. The van der Waals surface area contributed by atoms with Crippen molar-refractivity contribution in [1.82, 2.24) is 4.98 Å². The second-order valence-electron chi connectivity index (χ2n) is 18.8. The number of aromatic nitrogens is 1. The first-order valence-corrected chi connectivity index (χ1v) is 24.7. The van der Waals surface area contributed by atoms with Crippen LogP contribution in [-0.2, 0) is 0 Å². The second kappa shape index (κ2) is 18.5. The Labute approximate surface area is 420 Å². The number of hydrogen-bond acceptors (Lipinski definition) is 1. The zero-order valence-electron chi connectivity index (χ0n) is 39.6. The van der Waals surface area contributed by atoms with E-state index in [4.69, 9.17) is 4.98 Å². The molecule has 13 rings (SSSR count). The van der Waals surface area contributed by atoms with Gasteiger partial charge in [0.25, 0.3) is 0 Å². The molecule has 0 atom stereocenters. The molecule has 0 N–H and O–H groups in total. The number of rotatable bonds is 9. The van der Waals surface area contributed by atoms with E-state index in [9.17, 15) is 0 Å². The van der Waals surface area contributed by atoms with Crippen molar-refractivity contribution in [2.45, 2.75) is 0 Å². The molecule has 0 aliphatic heterocycles. The predicted molar refractivity (Wildman–Crippen MR) is 306 cm³/mol. The van der Waals surface area contributed by atoms with Crippen LogP contribution < -0.4 is 0 Å². The van der Waals surface area contributed by atoms with Crippen molar-refractivity contribution < 1.29 is 0 Å². The Morgan fingerprint density at radius 3 is 0.597 bits per heavy atom. The van der Waals surface area contributed by atoms with Gasteiger partial charge in [0.15, 0.2) is 0 Å². The molecular formula is C71H47N. The molecule has 1 aromatic heterocycles. The monoisotopic (exact) mass is 913 g/mol. The fourth-order valence-corrected chi connectivity index (χ4v) is 10.2. The summed E-state index contributed by atoms with van der Waals surface area (Å²) in [7, 11) is 0. The van der Waals surface area contributed by atoms with Gasteiger partial charge < -0.3 is 0 Å². The third-order valence-corrected chi connectivity index (χ3v) is 14.3. The summed E-state index contributed by atoms with van der Waals surface area (Å²) < 4.78 is 0. The quantitative estimate of drug-likeness (QED) is 0.141. The second-order valence-corrected chi connectivity index (χ2v) is 18.8. The van der Waals surface area contributed by atoms with Crippen LogP contribution in [0.4, 0.5) is 0 Å². The van der Waals surface area contributed by atoms with Crippen LogP contribution in [0.5, 0.6) is 0 Å². The SMILES string of the molecule is c1ccc2cc(-c3ccc(-c4ccc(-c5cc(-c6ccc(-c7ccc(-c8ccc9ccccc9c8)cc7)cc6)nc(-c6ccc(-c7ccc(-c8ccc9ccccc9c8)cc7)cc6)c5)cc4)cc3)ccc2c1. The number of nitrogens with zero attached hydrogens (tertiary/aromatic N) is 1. The highest BCUT2D eigenvalue weighted by Gasteiger charge is 2.12. The standard InChI is InChI=1S/C71H47N/c1-4-10-63-43-66(40-33-48(63)7-1)57-21-13-51(14-22-57)54-19-27-60(28-20-54)69-46-70(61-36-29-55(30-37-61)52-15-23-58(24-16-52)67-41-34-49-8-2-5-11-64(49)44-67)72-71(47-69)62-38-31-56(32-39-62)53-17-25-59(26-18-53)68-42-35-50-9-3-6-12-65(50)45-68/h1-47H. The Bertz CT molecular complexity index is 3630. The van der Waals surface area contributed by atoms with Crippen molar-refractivity contribution in [3.05, 3.63) is 285 Å². The van der Waals surface area contributed by atoms with E-state index in [1.54, 1.807) is 0 Å². The molecule has 1 nitrogen and oxygen atoms in total. The minimum atomic E-state index is 0.933. The van der Waals surface area contributed by atoms with E-state index in [0.717, 1.165) is 33.6 Å². The van der Waals surface area contributed by atoms with Crippen molar-refractivity contribution in [3.8, 4) is 100 Å². The van der Waals surface area contributed by atoms with Gasteiger partial charge in [0.1, 0.15) is 0 Å². The molecule has 0 unspecified atom stereocenters. The Morgan fingerprint density at radius 1 is 0.139 bits per heavy atom. The average molecular weight is 914 g/mol. The van der Waals surface area contributed by atoms with Gasteiger partial charge in [0, 0.05) is 11.1 Å². The highest BCUT2D eigenvalue weighted by molar-refractivity contribution is 5.90. The summed E-state index contributed by atoms with van der Waals surface area (Å²) >= 11 is 0. The predicted octanol–water partition coefficient (Wildman–Crippen LogP) is 19.5. The van der Waals surface area contributed by atoms with Gasteiger partial charge in [-0.2, -0.15) is 0 Å². The highest BCUT2D eigenvalue weighted by Crippen LogP contribution is 2.36. The minimum absolute atomic E-state index is 0.933.